The molecule has 0 aliphatic rings. The van der Waals surface area contributed by atoms with Crippen LogP contribution in [0, 0.1) is 18.3 Å². The molecule has 2 unspecified atom stereocenters. The molecule has 0 radical (unpaired) electrons. The summed E-state index contributed by atoms with van der Waals surface area (Å²) in [6.07, 6.45) is 0.906. The van der Waals surface area contributed by atoms with Crippen LogP contribution in [0.25, 0.3) is 11.4 Å². The molecule has 0 spiro atoms. The van der Waals surface area contributed by atoms with Gasteiger partial charge in [-0.15, -0.1) is 0 Å². The average molecular weight is 435 g/mol. The number of primary amides is 1. The number of carbonyl (C=O) groups excluding carboxylic acids is 1. The zero-order valence-electron chi connectivity index (χ0n) is 18.7. The van der Waals surface area contributed by atoms with Gasteiger partial charge in [0.1, 0.15) is 17.5 Å². The topological polar surface area (TPSA) is 100 Å². The highest BCUT2D eigenvalue weighted by atomic mass is 35.5. The molecule has 2 aromatic rings. The Morgan fingerprint density at radius 1 is 1.13 bits per heavy atom. The predicted molar refractivity (Wildman–Crippen MR) is 117 cm³/mol. The number of rotatable bonds is 7. The van der Waals surface area contributed by atoms with Gasteiger partial charge in [0.2, 0.25) is 5.28 Å². The summed E-state index contributed by atoms with van der Waals surface area (Å²) in [5.74, 6) is 0.869. The fourth-order valence-corrected chi connectivity index (χ4v) is 4.03. The van der Waals surface area contributed by atoms with Gasteiger partial charge in [-0.1, -0.05) is 34.6 Å². The van der Waals surface area contributed by atoms with Gasteiger partial charge in [-0.25, -0.2) is 19.7 Å². The quantitative estimate of drug-likeness (QED) is 0.601. The molecule has 2 N–H and O–H groups in total. The Balaban J connectivity index is 2.42. The van der Waals surface area contributed by atoms with E-state index in [2.05, 4.69) is 28.8 Å². The molecule has 0 bridgehead atoms. The molecule has 30 heavy (non-hydrogen) atoms. The third-order valence-corrected chi connectivity index (χ3v) is 4.84. The lowest BCUT2D eigenvalue weighted by atomic mass is 9.75. The molecule has 7 nitrogen and oxygen atoms in total. The molecule has 2 aromatic heterocycles. The van der Waals surface area contributed by atoms with Crippen molar-refractivity contribution in [1.82, 2.24) is 15.0 Å². The molecule has 2 atom stereocenters. The fourth-order valence-electron chi connectivity index (χ4n) is 3.88. The largest absolute Gasteiger partial charge is 0.484 e. The maximum Gasteiger partial charge on any atom is 0.405 e. The number of ether oxygens (including phenoxy) is 2. The Morgan fingerprint density at radius 2 is 1.77 bits per heavy atom. The lowest BCUT2D eigenvalue weighted by molar-refractivity contribution is -0.107. The highest BCUT2D eigenvalue weighted by molar-refractivity contribution is 6.28. The average Bonchev–Trinajstić information content (AvgIpc) is 2.57. The van der Waals surface area contributed by atoms with Gasteiger partial charge in [0, 0.05) is 11.6 Å². The third-order valence-electron chi connectivity index (χ3n) is 4.66. The van der Waals surface area contributed by atoms with E-state index in [4.69, 9.17) is 26.8 Å². The molecule has 0 aliphatic carbocycles. The summed E-state index contributed by atoms with van der Waals surface area (Å²) < 4.78 is 12.1. The van der Waals surface area contributed by atoms with Gasteiger partial charge in [0.05, 0.1) is 17.1 Å². The molecule has 2 heterocycles. The van der Waals surface area contributed by atoms with Crippen LogP contribution in [0.5, 0.6) is 5.75 Å². The molecule has 0 fully saturated rings. The second kappa shape index (κ2) is 9.16. The fraction of sp³-hybridized carbons (Fsp3) is 0.545. The summed E-state index contributed by atoms with van der Waals surface area (Å²) in [6, 6.07) is 5.40. The van der Waals surface area contributed by atoms with Crippen molar-refractivity contribution in [3.05, 3.63) is 35.4 Å². The monoisotopic (exact) mass is 434 g/mol. The van der Waals surface area contributed by atoms with Crippen LogP contribution in [0.3, 0.4) is 0 Å². The molecule has 0 aromatic carbocycles. The Kier molecular flexibility index (Phi) is 7.29. The van der Waals surface area contributed by atoms with Crippen molar-refractivity contribution in [2.45, 2.75) is 66.6 Å². The van der Waals surface area contributed by atoms with Gasteiger partial charge in [-0.05, 0) is 56.0 Å². The van der Waals surface area contributed by atoms with Gasteiger partial charge in [-0.3, -0.25) is 0 Å². The first-order chi connectivity index (χ1) is 13.8. The van der Waals surface area contributed by atoms with E-state index in [0.717, 1.165) is 0 Å². The molecular formula is C22H31ClN4O3. The molecule has 1 amide bonds. The van der Waals surface area contributed by atoms with E-state index >= 15 is 0 Å². The van der Waals surface area contributed by atoms with E-state index in [9.17, 15) is 4.79 Å². The van der Waals surface area contributed by atoms with E-state index in [1.807, 2.05) is 46.8 Å². The molecular weight excluding hydrogens is 404 g/mol. The minimum absolute atomic E-state index is 0.160. The van der Waals surface area contributed by atoms with Crippen LogP contribution in [-0.2, 0) is 4.74 Å². The highest BCUT2D eigenvalue weighted by Crippen LogP contribution is 2.39. The standard InChI is InChI=1S/C22H31ClN4O3/c1-13(2)12-22(7,30-20(24)28)18(21(4,5)6)29-17-9-8-15(26-14(17)3)16-10-11-25-19(23)27-16/h8-11,13,18H,12H2,1-7H3,(H2,24,28). The highest BCUT2D eigenvalue weighted by Gasteiger charge is 2.47. The van der Waals surface area contributed by atoms with Gasteiger partial charge >= 0.3 is 6.09 Å². The number of nitrogens with two attached hydrogens (primary N) is 1. The Hall–Kier alpha value is -2.41. The van der Waals surface area contributed by atoms with E-state index < -0.39 is 17.8 Å². The number of nitrogens with zero attached hydrogens (tertiary/aromatic N) is 3. The van der Waals surface area contributed by atoms with Crippen LogP contribution in [0.4, 0.5) is 4.79 Å². The summed E-state index contributed by atoms with van der Waals surface area (Å²) in [7, 11) is 0. The molecule has 2 rings (SSSR count). The first-order valence-corrected chi connectivity index (χ1v) is 10.3. The smallest absolute Gasteiger partial charge is 0.405 e. The van der Waals surface area contributed by atoms with Crippen molar-refractivity contribution in [2.75, 3.05) is 0 Å². The second-order valence-corrected chi connectivity index (χ2v) is 9.52. The number of carbonyl (C=O) groups is 1. The van der Waals surface area contributed by atoms with Gasteiger partial charge < -0.3 is 15.2 Å². The van der Waals surface area contributed by atoms with Crippen LogP contribution >= 0.6 is 11.6 Å². The van der Waals surface area contributed by atoms with E-state index in [0.29, 0.717) is 29.3 Å². The number of halogens is 1. The summed E-state index contributed by atoms with van der Waals surface area (Å²) in [6.45, 7) is 14.0. The maximum absolute atomic E-state index is 11.7. The number of hydrogen-bond donors (Lipinski definition) is 1. The predicted octanol–water partition coefficient (Wildman–Crippen LogP) is 5.19. The number of hydrogen-bond acceptors (Lipinski definition) is 6. The molecule has 8 heteroatoms. The number of aromatic nitrogens is 3. The van der Waals surface area contributed by atoms with E-state index in [1.54, 1.807) is 12.3 Å². The number of pyridine rings is 1. The molecule has 164 valence electrons. The zero-order chi connectivity index (χ0) is 22.7. The summed E-state index contributed by atoms with van der Waals surface area (Å²) in [5.41, 5.74) is 6.12. The van der Waals surface area contributed by atoms with Crippen LogP contribution in [0.15, 0.2) is 24.4 Å². The van der Waals surface area contributed by atoms with Crippen LogP contribution in [-0.4, -0.2) is 32.8 Å². The van der Waals surface area contributed by atoms with Crippen LogP contribution in [0.1, 0.15) is 53.7 Å². The van der Waals surface area contributed by atoms with Crippen molar-refractivity contribution in [3.8, 4) is 17.1 Å². The summed E-state index contributed by atoms with van der Waals surface area (Å²) >= 11 is 5.89. The van der Waals surface area contributed by atoms with Crippen molar-refractivity contribution in [1.29, 1.82) is 0 Å². The van der Waals surface area contributed by atoms with Crippen molar-refractivity contribution in [3.63, 3.8) is 0 Å². The first kappa shape index (κ1) is 23.9. The van der Waals surface area contributed by atoms with Gasteiger partial charge in [-0.2, -0.15) is 0 Å². The Bertz CT molecular complexity index is 898. The van der Waals surface area contributed by atoms with Crippen molar-refractivity contribution in [2.24, 2.45) is 17.1 Å². The van der Waals surface area contributed by atoms with Crippen LogP contribution in [0.2, 0.25) is 5.28 Å². The number of amides is 1. The van der Waals surface area contributed by atoms with Crippen LogP contribution < -0.4 is 10.5 Å². The second-order valence-electron chi connectivity index (χ2n) is 9.19. The van der Waals surface area contributed by atoms with E-state index in [-0.39, 0.29) is 16.6 Å². The Morgan fingerprint density at radius 3 is 2.27 bits per heavy atom. The van der Waals surface area contributed by atoms with Crippen molar-refractivity contribution < 1.29 is 14.3 Å². The molecule has 0 aliphatic heterocycles. The lowest BCUT2D eigenvalue weighted by Crippen LogP contribution is -2.54. The molecule has 0 saturated carbocycles. The zero-order valence-corrected chi connectivity index (χ0v) is 19.4. The minimum atomic E-state index is -0.913. The number of aryl methyl sites for hydroxylation is 1. The van der Waals surface area contributed by atoms with Gasteiger partial charge in [0.15, 0.2) is 0 Å². The third kappa shape index (κ3) is 6.05. The van der Waals surface area contributed by atoms with Crippen molar-refractivity contribution >= 4 is 17.7 Å². The lowest BCUT2D eigenvalue weighted by Gasteiger charge is -2.44. The SMILES string of the molecule is Cc1nc(-c2ccnc(Cl)n2)ccc1OC(C(C)(C)C)C(C)(CC(C)C)OC(N)=O. The maximum atomic E-state index is 11.7. The summed E-state index contributed by atoms with van der Waals surface area (Å²) in [4.78, 5) is 24.4. The Labute approximate surface area is 183 Å². The normalized spacial score (nSPS) is 14.8. The molecule has 0 saturated heterocycles. The first-order valence-electron chi connectivity index (χ1n) is 9.93. The van der Waals surface area contributed by atoms with E-state index in [1.165, 1.54) is 0 Å². The summed E-state index contributed by atoms with van der Waals surface area (Å²) in [5, 5.41) is 0.160. The van der Waals surface area contributed by atoms with Gasteiger partial charge in [0.25, 0.3) is 0 Å². The minimum Gasteiger partial charge on any atom is -0.484 e.